The van der Waals surface area contributed by atoms with Crippen molar-refractivity contribution in [3.05, 3.63) is 39.4 Å². The summed E-state index contributed by atoms with van der Waals surface area (Å²) in [5, 5.41) is 10.3. The van der Waals surface area contributed by atoms with E-state index in [9.17, 15) is 14.9 Å². The molecule has 104 valence electrons. The molecule has 1 atom stereocenters. The van der Waals surface area contributed by atoms with Crippen LogP contribution in [0.4, 0.5) is 5.69 Å². The average Bonchev–Trinajstić information content (AvgIpc) is 2.27. The van der Waals surface area contributed by atoms with Crippen molar-refractivity contribution < 1.29 is 9.72 Å². The molecule has 1 amide bonds. The normalized spacial score (nSPS) is 13.1. The van der Waals surface area contributed by atoms with Crippen LogP contribution in [-0.4, -0.2) is 16.2 Å². The average molecular weight is 285 g/mol. The summed E-state index contributed by atoms with van der Waals surface area (Å²) in [6.07, 6.45) is 0.183. The lowest BCUT2D eigenvalue weighted by molar-refractivity contribution is -0.386. The third kappa shape index (κ3) is 3.92. The Morgan fingerprint density at radius 3 is 2.47 bits per heavy atom. The lowest BCUT2D eigenvalue weighted by Crippen LogP contribution is -2.25. The summed E-state index contributed by atoms with van der Waals surface area (Å²) in [4.78, 5) is 21.6. The van der Waals surface area contributed by atoms with Gasteiger partial charge in [0.05, 0.1) is 4.92 Å². The maximum atomic E-state index is 11.1. The first kappa shape index (κ1) is 15.4. The second kappa shape index (κ2) is 5.57. The SMILES string of the molecule is CC(C)(C)c1ccc(CC(Cl)C(N)=O)cc1[N+](=O)[O-]. The van der Waals surface area contributed by atoms with E-state index >= 15 is 0 Å². The van der Waals surface area contributed by atoms with Crippen LogP contribution < -0.4 is 5.73 Å². The maximum Gasteiger partial charge on any atom is 0.273 e. The Kier molecular flexibility index (Phi) is 4.52. The van der Waals surface area contributed by atoms with Crippen molar-refractivity contribution in [2.75, 3.05) is 0 Å². The van der Waals surface area contributed by atoms with Gasteiger partial charge in [0.2, 0.25) is 5.91 Å². The van der Waals surface area contributed by atoms with Gasteiger partial charge in [-0.2, -0.15) is 0 Å². The highest BCUT2D eigenvalue weighted by Crippen LogP contribution is 2.32. The molecule has 6 heteroatoms. The fraction of sp³-hybridized carbons (Fsp3) is 0.462. The van der Waals surface area contributed by atoms with Gasteiger partial charge in [0.1, 0.15) is 5.38 Å². The van der Waals surface area contributed by atoms with Crippen LogP contribution in [0.5, 0.6) is 0 Å². The van der Waals surface area contributed by atoms with Crippen molar-refractivity contribution in [1.82, 2.24) is 0 Å². The second-order valence-electron chi connectivity index (χ2n) is 5.43. The second-order valence-corrected chi connectivity index (χ2v) is 5.96. The molecule has 1 unspecified atom stereocenters. The molecule has 1 aromatic rings. The van der Waals surface area contributed by atoms with Gasteiger partial charge < -0.3 is 5.73 Å². The van der Waals surface area contributed by atoms with E-state index in [1.165, 1.54) is 6.07 Å². The molecule has 0 heterocycles. The Bertz CT molecular complexity index is 509. The third-order valence-electron chi connectivity index (χ3n) is 2.79. The zero-order valence-electron chi connectivity index (χ0n) is 11.1. The largest absolute Gasteiger partial charge is 0.368 e. The predicted octanol–water partition coefficient (Wildman–Crippen LogP) is 2.53. The Hall–Kier alpha value is -1.62. The van der Waals surface area contributed by atoms with E-state index in [1.54, 1.807) is 12.1 Å². The quantitative estimate of drug-likeness (QED) is 0.523. The van der Waals surface area contributed by atoms with Crippen LogP contribution in [0.2, 0.25) is 0 Å². The lowest BCUT2D eigenvalue weighted by atomic mass is 9.85. The zero-order valence-corrected chi connectivity index (χ0v) is 11.9. The molecule has 0 saturated heterocycles. The van der Waals surface area contributed by atoms with Crippen LogP contribution in [0.15, 0.2) is 18.2 Å². The van der Waals surface area contributed by atoms with Gasteiger partial charge in [0.15, 0.2) is 0 Å². The van der Waals surface area contributed by atoms with Crippen LogP contribution in [0.3, 0.4) is 0 Å². The van der Waals surface area contributed by atoms with Crippen molar-refractivity contribution in [1.29, 1.82) is 0 Å². The van der Waals surface area contributed by atoms with Gasteiger partial charge in [-0.25, -0.2) is 0 Å². The standard InChI is InChI=1S/C13H17ClN2O3/c1-13(2,3)9-5-4-8(6-10(14)12(15)17)7-11(9)16(18)19/h4-5,7,10H,6H2,1-3H3,(H2,15,17). The summed E-state index contributed by atoms with van der Waals surface area (Å²) in [6, 6.07) is 4.91. The topological polar surface area (TPSA) is 86.2 Å². The van der Waals surface area contributed by atoms with E-state index in [0.29, 0.717) is 11.1 Å². The van der Waals surface area contributed by atoms with Gasteiger partial charge in [-0.05, 0) is 17.4 Å². The number of halogens is 1. The van der Waals surface area contributed by atoms with E-state index in [-0.39, 0.29) is 17.5 Å². The number of hydrogen-bond donors (Lipinski definition) is 1. The highest BCUT2D eigenvalue weighted by Gasteiger charge is 2.25. The number of carbonyl (C=O) groups is 1. The lowest BCUT2D eigenvalue weighted by Gasteiger charge is -2.19. The van der Waals surface area contributed by atoms with Crippen LogP contribution in [0.1, 0.15) is 31.9 Å². The first-order valence-corrected chi connectivity index (χ1v) is 6.27. The predicted molar refractivity (Wildman–Crippen MR) is 74.3 cm³/mol. The number of nitrogens with zero attached hydrogens (tertiary/aromatic N) is 1. The van der Waals surface area contributed by atoms with Crippen molar-refractivity contribution in [2.24, 2.45) is 5.73 Å². The number of nitro groups is 1. The Labute approximate surface area is 116 Å². The van der Waals surface area contributed by atoms with E-state index in [0.717, 1.165) is 0 Å². The minimum absolute atomic E-state index is 0.0401. The number of nitro benzene ring substituents is 1. The van der Waals surface area contributed by atoms with Gasteiger partial charge in [-0.1, -0.05) is 32.9 Å². The molecule has 0 fully saturated rings. The van der Waals surface area contributed by atoms with Gasteiger partial charge in [-0.15, -0.1) is 11.6 Å². The molecule has 0 aromatic heterocycles. The summed E-state index contributed by atoms with van der Waals surface area (Å²) >= 11 is 5.77. The van der Waals surface area contributed by atoms with E-state index in [1.807, 2.05) is 20.8 Å². The van der Waals surface area contributed by atoms with Crippen molar-refractivity contribution in [3.8, 4) is 0 Å². The van der Waals surface area contributed by atoms with Crippen molar-refractivity contribution in [3.63, 3.8) is 0 Å². The summed E-state index contributed by atoms with van der Waals surface area (Å²) in [6.45, 7) is 5.72. The molecule has 1 rings (SSSR count). The van der Waals surface area contributed by atoms with Gasteiger partial charge in [0, 0.05) is 11.6 Å². The highest BCUT2D eigenvalue weighted by atomic mass is 35.5. The number of benzene rings is 1. The van der Waals surface area contributed by atoms with Crippen LogP contribution in [0, 0.1) is 10.1 Å². The molecule has 2 N–H and O–H groups in total. The summed E-state index contributed by atoms with van der Waals surface area (Å²) < 4.78 is 0. The molecule has 19 heavy (non-hydrogen) atoms. The summed E-state index contributed by atoms with van der Waals surface area (Å²) in [5.74, 6) is -0.635. The monoisotopic (exact) mass is 284 g/mol. The van der Waals surface area contributed by atoms with Crippen LogP contribution >= 0.6 is 11.6 Å². The Morgan fingerprint density at radius 2 is 2.05 bits per heavy atom. The molecule has 0 aliphatic heterocycles. The molecule has 0 saturated carbocycles. The number of rotatable bonds is 4. The maximum absolute atomic E-state index is 11.1. The smallest absolute Gasteiger partial charge is 0.273 e. The molecule has 1 aromatic carbocycles. The first-order chi connectivity index (χ1) is 8.62. The fourth-order valence-electron chi connectivity index (χ4n) is 1.80. The van der Waals surface area contributed by atoms with Crippen LogP contribution in [-0.2, 0) is 16.6 Å². The van der Waals surface area contributed by atoms with E-state index in [4.69, 9.17) is 17.3 Å². The number of alkyl halides is 1. The summed E-state index contributed by atoms with van der Waals surface area (Å²) in [5.41, 5.74) is 6.06. The molecule has 0 bridgehead atoms. The highest BCUT2D eigenvalue weighted by molar-refractivity contribution is 6.30. The third-order valence-corrected chi connectivity index (χ3v) is 3.16. The number of primary amides is 1. The van der Waals surface area contributed by atoms with E-state index < -0.39 is 16.2 Å². The van der Waals surface area contributed by atoms with Crippen LogP contribution in [0.25, 0.3) is 0 Å². The zero-order chi connectivity index (χ0) is 14.8. The minimum Gasteiger partial charge on any atom is -0.368 e. The number of hydrogen-bond acceptors (Lipinski definition) is 3. The molecule has 0 aliphatic rings. The molecule has 0 spiro atoms. The Morgan fingerprint density at radius 1 is 1.47 bits per heavy atom. The summed E-state index contributed by atoms with van der Waals surface area (Å²) in [7, 11) is 0. The number of nitrogens with two attached hydrogens (primary N) is 1. The molecule has 0 radical (unpaired) electrons. The molecular weight excluding hydrogens is 268 g/mol. The molecule has 5 nitrogen and oxygen atoms in total. The fourth-order valence-corrected chi connectivity index (χ4v) is 1.98. The minimum atomic E-state index is -0.861. The number of amides is 1. The van der Waals surface area contributed by atoms with E-state index in [2.05, 4.69) is 0 Å². The number of carbonyl (C=O) groups excluding carboxylic acids is 1. The van der Waals surface area contributed by atoms with Crippen molar-refractivity contribution >= 4 is 23.2 Å². The van der Waals surface area contributed by atoms with Crippen molar-refractivity contribution in [2.45, 2.75) is 38.0 Å². The molecule has 0 aliphatic carbocycles. The first-order valence-electron chi connectivity index (χ1n) is 5.84. The van der Waals surface area contributed by atoms with Gasteiger partial charge in [-0.3, -0.25) is 14.9 Å². The Balaban J connectivity index is 3.17. The van der Waals surface area contributed by atoms with Gasteiger partial charge >= 0.3 is 0 Å². The van der Waals surface area contributed by atoms with Gasteiger partial charge in [0.25, 0.3) is 5.69 Å². The molecular formula is C13H17ClN2O3.